The predicted octanol–water partition coefficient (Wildman–Crippen LogP) is 6.65. The molecule has 4 aromatic rings. The van der Waals surface area contributed by atoms with E-state index in [0.717, 1.165) is 59.1 Å². The fraction of sp³-hybridized carbons (Fsp3) is 0.415. The van der Waals surface area contributed by atoms with Crippen molar-refractivity contribution < 1.29 is 39.4 Å². The van der Waals surface area contributed by atoms with Gasteiger partial charge in [-0.25, -0.2) is 0 Å². The summed E-state index contributed by atoms with van der Waals surface area (Å²) in [6.07, 6.45) is 5.49. The summed E-state index contributed by atoms with van der Waals surface area (Å²) >= 11 is 0. The monoisotopic (exact) mass is 670 g/mol. The molecule has 1 aliphatic carbocycles. The van der Waals surface area contributed by atoms with E-state index in [0.29, 0.717) is 75.1 Å². The molecule has 0 radical (unpaired) electrons. The standard InChI is InChI=1S/C41H50O8/c42-17-5-9-21-46-33-25-31(26-34(29-33)47-22-10-6-18-43)41(39-15-3-1-13-37(39)38-14-2-4-16-40(38)41)32-27-35(48-23-11-7-19-44)30-36(28-32)49-24-12-8-20-45/h1-4,13-16,25-30,42-45H,5-12,17-24H2. The van der Waals surface area contributed by atoms with Crippen molar-refractivity contribution in [2.75, 3.05) is 52.9 Å². The third-order valence-electron chi connectivity index (χ3n) is 8.86. The van der Waals surface area contributed by atoms with Crippen LogP contribution in [0.1, 0.15) is 73.6 Å². The molecule has 8 heteroatoms. The van der Waals surface area contributed by atoms with Crippen molar-refractivity contribution in [2.45, 2.75) is 56.8 Å². The summed E-state index contributed by atoms with van der Waals surface area (Å²) in [5.74, 6) is 2.69. The van der Waals surface area contributed by atoms with Gasteiger partial charge in [-0.2, -0.15) is 0 Å². The smallest absolute Gasteiger partial charge is 0.123 e. The lowest BCUT2D eigenvalue weighted by atomic mass is 9.67. The zero-order chi connectivity index (χ0) is 34.3. The Morgan fingerprint density at radius 2 is 0.694 bits per heavy atom. The number of aliphatic hydroxyl groups is 4. The summed E-state index contributed by atoms with van der Waals surface area (Å²) in [5.41, 5.74) is 5.63. The number of benzene rings is 4. The minimum atomic E-state index is -0.797. The second-order valence-corrected chi connectivity index (χ2v) is 12.3. The van der Waals surface area contributed by atoms with Crippen LogP contribution in [0.25, 0.3) is 11.1 Å². The second-order valence-electron chi connectivity index (χ2n) is 12.3. The Morgan fingerprint density at radius 3 is 1.00 bits per heavy atom. The molecular weight excluding hydrogens is 620 g/mol. The van der Waals surface area contributed by atoms with E-state index >= 15 is 0 Å². The number of unbranched alkanes of at least 4 members (excludes halogenated alkanes) is 4. The molecule has 8 nitrogen and oxygen atoms in total. The molecule has 262 valence electrons. The van der Waals surface area contributed by atoms with E-state index in [1.165, 1.54) is 0 Å². The number of aliphatic hydroxyl groups excluding tert-OH is 4. The SMILES string of the molecule is OCCCCOc1cc(OCCCCO)cc(C2(c3cc(OCCCCO)cc(OCCCCO)c3)c3ccccc3-c3ccccc32)c1. The van der Waals surface area contributed by atoms with E-state index in [2.05, 4.69) is 72.8 Å². The van der Waals surface area contributed by atoms with Crippen LogP contribution in [-0.4, -0.2) is 73.3 Å². The molecule has 0 unspecified atom stereocenters. The third-order valence-corrected chi connectivity index (χ3v) is 8.86. The molecule has 0 heterocycles. The molecule has 49 heavy (non-hydrogen) atoms. The quantitative estimate of drug-likeness (QED) is 0.0605. The molecule has 0 saturated heterocycles. The molecule has 0 fully saturated rings. The van der Waals surface area contributed by atoms with Gasteiger partial charge in [-0.1, -0.05) is 48.5 Å². The van der Waals surface area contributed by atoms with E-state index in [1.807, 2.05) is 12.1 Å². The van der Waals surface area contributed by atoms with E-state index < -0.39 is 5.41 Å². The number of hydrogen-bond donors (Lipinski definition) is 4. The van der Waals surface area contributed by atoms with Gasteiger partial charge in [0.1, 0.15) is 23.0 Å². The molecule has 0 aliphatic heterocycles. The zero-order valence-corrected chi connectivity index (χ0v) is 28.3. The molecule has 0 amide bonds. The first kappa shape index (κ1) is 36.2. The lowest BCUT2D eigenvalue weighted by Gasteiger charge is -2.35. The van der Waals surface area contributed by atoms with Crippen LogP contribution in [0.2, 0.25) is 0 Å². The van der Waals surface area contributed by atoms with Crippen molar-refractivity contribution in [3.63, 3.8) is 0 Å². The topological polar surface area (TPSA) is 118 Å². The van der Waals surface area contributed by atoms with Gasteiger partial charge in [0.15, 0.2) is 0 Å². The first-order valence-corrected chi connectivity index (χ1v) is 17.6. The van der Waals surface area contributed by atoms with Crippen LogP contribution in [0.5, 0.6) is 23.0 Å². The van der Waals surface area contributed by atoms with E-state index in [-0.39, 0.29) is 26.4 Å². The Kier molecular flexibility index (Phi) is 13.8. The van der Waals surface area contributed by atoms with Gasteiger partial charge < -0.3 is 39.4 Å². The van der Waals surface area contributed by atoms with Gasteiger partial charge in [0.05, 0.1) is 31.8 Å². The van der Waals surface area contributed by atoms with Gasteiger partial charge in [0.2, 0.25) is 0 Å². The fourth-order valence-electron chi connectivity index (χ4n) is 6.55. The van der Waals surface area contributed by atoms with Crippen molar-refractivity contribution in [3.05, 3.63) is 107 Å². The predicted molar refractivity (Wildman–Crippen MR) is 191 cm³/mol. The Labute approximate surface area is 289 Å². The van der Waals surface area contributed by atoms with Crippen LogP contribution < -0.4 is 18.9 Å². The molecule has 4 N–H and O–H groups in total. The molecule has 0 saturated carbocycles. The summed E-state index contributed by atoms with van der Waals surface area (Å²) in [6.45, 7) is 2.27. The van der Waals surface area contributed by atoms with Crippen LogP contribution in [0.3, 0.4) is 0 Å². The Bertz CT molecular complexity index is 1420. The van der Waals surface area contributed by atoms with Gasteiger partial charge in [0, 0.05) is 38.6 Å². The van der Waals surface area contributed by atoms with Crippen LogP contribution in [0, 0.1) is 0 Å². The van der Waals surface area contributed by atoms with Crippen LogP contribution in [0.15, 0.2) is 84.9 Å². The highest BCUT2D eigenvalue weighted by Gasteiger charge is 2.47. The maximum atomic E-state index is 9.35. The number of rotatable bonds is 22. The molecule has 0 atom stereocenters. The number of ether oxygens (including phenoxy) is 4. The average molecular weight is 671 g/mol. The zero-order valence-electron chi connectivity index (χ0n) is 28.3. The summed E-state index contributed by atoms with van der Waals surface area (Å²) in [6, 6.07) is 29.2. The highest BCUT2D eigenvalue weighted by Crippen LogP contribution is 2.57. The first-order chi connectivity index (χ1) is 24.1. The molecule has 0 bridgehead atoms. The normalized spacial score (nSPS) is 12.7. The molecule has 4 aromatic carbocycles. The number of hydrogen-bond acceptors (Lipinski definition) is 8. The summed E-state index contributed by atoms with van der Waals surface area (Å²) in [7, 11) is 0. The maximum Gasteiger partial charge on any atom is 0.123 e. The van der Waals surface area contributed by atoms with Gasteiger partial charge in [0.25, 0.3) is 0 Å². The summed E-state index contributed by atoms with van der Waals surface area (Å²) in [4.78, 5) is 0. The van der Waals surface area contributed by atoms with Crippen LogP contribution in [-0.2, 0) is 5.41 Å². The molecule has 5 rings (SSSR count). The Balaban J connectivity index is 1.71. The van der Waals surface area contributed by atoms with Crippen molar-refractivity contribution in [1.82, 2.24) is 0 Å². The van der Waals surface area contributed by atoms with Crippen LogP contribution >= 0.6 is 0 Å². The van der Waals surface area contributed by atoms with Gasteiger partial charge in [-0.05, 0) is 109 Å². The van der Waals surface area contributed by atoms with Crippen molar-refractivity contribution in [2.24, 2.45) is 0 Å². The largest absolute Gasteiger partial charge is 0.493 e. The van der Waals surface area contributed by atoms with Crippen molar-refractivity contribution in [1.29, 1.82) is 0 Å². The molecule has 0 spiro atoms. The minimum Gasteiger partial charge on any atom is -0.493 e. The third kappa shape index (κ3) is 8.75. The van der Waals surface area contributed by atoms with E-state index in [9.17, 15) is 20.4 Å². The number of fused-ring (bicyclic) bond motifs is 3. The Morgan fingerprint density at radius 1 is 0.388 bits per heavy atom. The van der Waals surface area contributed by atoms with E-state index in [1.54, 1.807) is 0 Å². The van der Waals surface area contributed by atoms with Crippen molar-refractivity contribution >= 4 is 0 Å². The first-order valence-electron chi connectivity index (χ1n) is 17.6. The molecular formula is C41H50O8. The van der Waals surface area contributed by atoms with E-state index in [4.69, 9.17) is 18.9 Å². The molecule has 0 aromatic heterocycles. The summed E-state index contributed by atoms with van der Waals surface area (Å²) in [5, 5.41) is 37.4. The van der Waals surface area contributed by atoms with Gasteiger partial charge in [-0.15, -0.1) is 0 Å². The van der Waals surface area contributed by atoms with Crippen LogP contribution in [0.4, 0.5) is 0 Å². The average Bonchev–Trinajstić information content (AvgIpc) is 3.43. The lowest BCUT2D eigenvalue weighted by Crippen LogP contribution is -2.29. The lowest BCUT2D eigenvalue weighted by molar-refractivity contribution is 0.247. The van der Waals surface area contributed by atoms with Crippen molar-refractivity contribution in [3.8, 4) is 34.1 Å². The van der Waals surface area contributed by atoms with Gasteiger partial charge in [-0.3, -0.25) is 0 Å². The Hall–Kier alpha value is -4.08. The molecule has 1 aliphatic rings. The highest BCUT2D eigenvalue weighted by molar-refractivity contribution is 5.86. The fourth-order valence-corrected chi connectivity index (χ4v) is 6.55. The highest BCUT2D eigenvalue weighted by atomic mass is 16.5. The second kappa shape index (κ2) is 18.6. The minimum absolute atomic E-state index is 0.113. The summed E-state index contributed by atoms with van der Waals surface area (Å²) < 4.78 is 25.2. The maximum absolute atomic E-state index is 9.35. The van der Waals surface area contributed by atoms with Gasteiger partial charge >= 0.3 is 0 Å².